The summed E-state index contributed by atoms with van der Waals surface area (Å²) in [6.07, 6.45) is 4.30. The van der Waals surface area contributed by atoms with Crippen molar-refractivity contribution in [2.75, 3.05) is 26.6 Å². The maximum Gasteiger partial charge on any atom is 0.410 e. The van der Waals surface area contributed by atoms with E-state index in [0.717, 1.165) is 43.1 Å². The Bertz CT molecular complexity index is 1160. The third-order valence-corrected chi connectivity index (χ3v) is 8.11. The van der Waals surface area contributed by atoms with Crippen molar-refractivity contribution in [3.05, 3.63) is 71.5 Å². The summed E-state index contributed by atoms with van der Waals surface area (Å²) in [7, 11) is -1.97. The van der Waals surface area contributed by atoms with Crippen LogP contribution in [0.15, 0.2) is 54.6 Å². The average Bonchev–Trinajstić information content (AvgIpc) is 3.22. The maximum atomic E-state index is 13.7. The molecule has 0 spiro atoms. The quantitative estimate of drug-likeness (QED) is 0.478. The predicted octanol–water partition coefficient (Wildman–Crippen LogP) is 4.21. The molecule has 38 heavy (non-hydrogen) atoms. The van der Waals surface area contributed by atoms with Crippen LogP contribution >= 0.6 is 0 Å². The van der Waals surface area contributed by atoms with Gasteiger partial charge in [0.2, 0.25) is 10.0 Å². The highest BCUT2D eigenvalue weighted by molar-refractivity contribution is 7.88. The fourth-order valence-corrected chi connectivity index (χ4v) is 6.41. The van der Waals surface area contributed by atoms with E-state index in [9.17, 15) is 17.6 Å². The lowest BCUT2D eigenvalue weighted by Gasteiger charge is -2.33. The van der Waals surface area contributed by atoms with Gasteiger partial charge in [0.25, 0.3) is 0 Å². The van der Waals surface area contributed by atoms with Gasteiger partial charge in [-0.25, -0.2) is 22.3 Å². The Balaban J connectivity index is 1.42. The molecule has 0 radical (unpaired) electrons. The molecule has 1 aliphatic carbocycles. The van der Waals surface area contributed by atoms with Crippen LogP contribution in [-0.2, 0) is 30.8 Å². The number of nitrogens with zero attached hydrogens (tertiary/aromatic N) is 1. The molecule has 0 aromatic heterocycles. The number of carbonyl (C=O) groups excluding carboxylic acids is 1. The monoisotopic (exact) mass is 548 g/mol. The van der Waals surface area contributed by atoms with E-state index in [1.54, 1.807) is 24.1 Å². The summed E-state index contributed by atoms with van der Waals surface area (Å²) in [6.45, 7) is 0.526. The number of likely N-dealkylation sites (tertiary alicyclic amines) is 1. The molecule has 8 nitrogen and oxygen atoms in total. The number of nitrogens with one attached hydrogen (secondary N) is 1. The first kappa shape index (κ1) is 28.5. The molecule has 1 aliphatic heterocycles. The molecular weight excluding hydrogens is 511 g/mol. The molecule has 1 N–H and O–H groups in total. The molecule has 0 unspecified atom stereocenters. The molecule has 2 aliphatic rings. The Morgan fingerprint density at radius 1 is 1.05 bits per heavy atom. The molecule has 2 fully saturated rings. The number of carbonyl (C=O) groups is 1. The largest absolute Gasteiger partial charge is 0.445 e. The van der Waals surface area contributed by atoms with Crippen molar-refractivity contribution in [3.8, 4) is 0 Å². The third kappa shape index (κ3) is 7.75. The highest BCUT2D eigenvalue weighted by atomic mass is 32.2. The number of rotatable bonds is 10. The molecule has 1 amide bonds. The van der Waals surface area contributed by atoms with Crippen LogP contribution < -0.4 is 4.72 Å². The van der Waals surface area contributed by atoms with E-state index in [-0.39, 0.29) is 43.7 Å². The number of amides is 1. The molecule has 2 aromatic carbocycles. The van der Waals surface area contributed by atoms with Gasteiger partial charge in [0.05, 0.1) is 37.7 Å². The standard InChI is InChI=1S/C28H37FN2O6S/c1-35-18-24-16-26(30-38(2,33)34)27(31(24)28(32)37-17-20-7-4-3-5-8-20)19-36-25-13-11-21(12-14-25)22-9-6-10-23(29)15-22/h3-10,15,21,24-27,30H,11-14,16-19H2,1-2H3/t21-,24-,25+,26-,27-/m0/s1. The van der Waals surface area contributed by atoms with Crippen LogP contribution in [-0.4, -0.2) is 70.2 Å². The van der Waals surface area contributed by atoms with Crippen molar-refractivity contribution in [2.24, 2.45) is 0 Å². The lowest BCUT2D eigenvalue weighted by Crippen LogP contribution is -2.51. The van der Waals surface area contributed by atoms with E-state index < -0.39 is 28.2 Å². The highest BCUT2D eigenvalue weighted by Crippen LogP contribution is 2.35. The smallest absolute Gasteiger partial charge is 0.410 e. The number of methoxy groups -OCH3 is 1. The molecule has 1 saturated heterocycles. The molecule has 1 heterocycles. The summed E-state index contributed by atoms with van der Waals surface area (Å²) < 4.78 is 57.9. The Morgan fingerprint density at radius 2 is 1.79 bits per heavy atom. The molecular formula is C28H37FN2O6S. The van der Waals surface area contributed by atoms with E-state index >= 15 is 0 Å². The van der Waals surface area contributed by atoms with Gasteiger partial charge in [-0.15, -0.1) is 0 Å². The van der Waals surface area contributed by atoms with Gasteiger partial charge in [-0.3, -0.25) is 4.90 Å². The van der Waals surface area contributed by atoms with Crippen LogP contribution in [0.4, 0.5) is 9.18 Å². The van der Waals surface area contributed by atoms with Crippen LogP contribution in [0.3, 0.4) is 0 Å². The van der Waals surface area contributed by atoms with Crippen LogP contribution in [0.5, 0.6) is 0 Å². The maximum absolute atomic E-state index is 13.7. The first-order chi connectivity index (χ1) is 18.2. The number of halogens is 1. The fourth-order valence-electron chi connectivity index (χ4n) is 5.60. The molecule has 1 saturated carbocycles. The van der Waals surface area contributed by atoms with Crippen molar-refractivity contribution in [3.63, 3.8) is 0 Å². The van der Waals surface area contributed by atoms with Crippen LogP contribution in [0.2, 0.25) is 0 Å². The van der Waals surface area contributed by atoms with Crippen LogP contribution in [0.1, 0.15) is 49.1 Å². The van der Waals surface area contributed by atoms with Gasteiger partial charge in [-0.05, 0) is 61.3 Å². The zero-order valence-corrected chi connectivity index (χ0v) is 22.7. The minimum absolute atomic E-state index is 0.0256. The number of hydrogen-bond donors (Lipinski definition) is 1. The van der Waals surface area contributed by atoms with Crippen molar-refractivity contribution in [1.82, 2.24) is 9.62 Å². The van der Waals surface area contributed by atoms with E-state index in [1.165, 1.54) is 6.07 Å². The Kier molecular flexibility index (Phi) is 9.75. The molecule has 2 aromatic rings. The topological polar surface area (TPSA) is 94.2 Å². The van der Waals surface area contributed by atoms with E-state index in [0.29, 0.717) is 6.42 Å². The normalized spacial score (nSPS) is 25.9. The first-order valence-electron chi connectivity index (χ1n) is 13.1. The minimum atomic E-state index is -3.52. The number of sulfonamides is 1. The predicted molar refractivity (Wildman–Crippen MR) is 142 cm³/mol. The van der Waals surface area contributed by atoms with Gasteiger partial charge in [0.1, 0.15) is 12.4 Å². The van der Waals surface area contributed by atoms with Crippen molar-refractivity contribution in [1.29, 1.82) is 0 Å². The van der Waals surface area contributed by atoms with Crippen molar-refractivity contribution < 1.29 is 31.8 Å². The van der Waals surface area contributed by atoms with Crippen LogP contribution in [0, 0.1) is 5.82 Å². The Hall–Kier alpha value is -2.53. The van der Waals surface area contributed by atoms with E-state index in [4.69, 9.17) is 14.2 Å². The molecule has 208 valence electrons. The second kappa shape index (κ2) is 13.0. The van der Waals surface area contributed by atoms with Gasteiger partial charge in [-0.2, -0.15) is 0 Å². The third-order valence-electron chi connectivity index (χ3n) is 7.38. The van der Waals surface area contributed by atoms with Gasteiger partial charge in [-0.1, -0.05) is 42.5 Å². The SMILES string of the molecule is COC[C@@H]1C[C@H](NS(C)(=O)=O)[C@H](CO[C@H]2CC[C@@H](c3cccc(F)c3)CC2)N1C(=O)OCc1ccccc1. The molecule has 4 rings (SSSR count). The highest BCUT2D eigenvalue weighted by Gasteiger charge is 2.46. The number of benzene rings is 2. The Labute approximate surface area is 224 Å². The second-order valence-corrected chi connectivity index (χ2v) is 12.0. The molecule has 3 atom stereocenters. The molecule has 10 heteroatoms. The number of ether oxygens (including phenoxy) is 3. The zero-order chi connectivity index (χ0) is 27.1. The summed E-state index contributed by atoms with van der Waals surface area (Å²) >= 11 is 0. The van der Waals surface area contributed by atoms with E-state index in [1.807, 2.05) is 36.4 Å². The van der Waals surface area contributed by atoms with E-state index in [2.05, 4.69) is 4.72 Å². The lowest BCUT2D eigenvalue weighted by molar-refractivity contribution is -0.0161. The summed E-state index contributed by atoms with van der Waals surface area (Å²) in [5, 5.41) is 0. The van der Waals surface area contributed by atoms with Gasteiger partial charge >= 0.3 is 6.09 Å². The van der Waals surface area contributed by atoms with Gasteiger partial charge in [0.15, 0.2) is 0 Å². The second-order valence-electron chi connectivity index (χ2n) is 10.2. The van der Waals surface area contributed by atoms with Gasteiger partial charge in [0, 0.05) is 13.2 Å². The summed E-state index contributed by atoms with van der Waals surface area (Å²) in [5.41, 5.74) is 1.86. The van der Waals surface area contributed by atoms with Crippen LogP contribution in [0.25, 0.3) is 0 Å². The van der Waals surface area contributed by atoms with Crippen molar-refractivity contribution >= 4 is 16.1 Å². The average molecular weight is 549 g/mol. The Morgan fingerprint density at radius 3 is 2.45 bits per heavy atom. The van der Waals surface area contributed by atoms with Gasteiger partial charge < -0.3 is 14.2 Å². The fraction of sp³-hybridized carbons (Fsp3) is 0.536. The van der Waals surface area contributed by atoms with Crippen molar-refractivity contribution in [2.45, 2.75) is 68.9 Å². The zero-order valence-electron chi connectivity index (χ0n) is 21.9. The first-order valence-corrected chi connectivity index (χ1v) is 14.9. The lowest BCUT2D eigenvalue weighted by atomic mass is 9.82. The minimum Gasteiger partial charge on any atom is -0.445 e. The summed E-state index contributed by atoms with van der Waals surface area (Å²) in [5.74, 6) is 0.0589. The summed E-state index contributed by atoms with van der Waals surface area (Å²) in [4.78, 5) is 14.9. The molecule has 0 bridgehead atoms. The summed E-state index contributed by atoms with van der Waals surface area (Å²) in [6, 6.07) is 14.7. The number of hydrogen-bond acceptors (Lipinski definition) is 6.